The summed E-state index contributed by atoms with van der Waals surface area (Å²) in [6.45, 7) is 0.347. The Bertz CT molecular complexity index is 1610. The van der Waals surface area contributed by atoms with Crippen LogP contribution in [-0.4, -0.2) is 59.8 Å². The van der Waals surface area contributed by atoms with Gasteiger partial charge in [0.15, 0.2) is 11.7 Å². The van der Waals surface area contributed by atoms with Gasteiger partial charge in [-0.05, 0) is 60.7 Å². The van der Waals surface area contributed by atoms with Crippen LogP contribution in [0.5, 0.6) is 0 Å². The lowest BCUT2D eigenvalue weighted by atomic mass is 10.0. The van der Waals surface area contributed by atoms with Crippen molar-refractivity contribution in [2.24, 2.45) is 9.98 Å². The molecule has 6 rings (SSSR count). The zero-order valence-electron chi connectivity index (χ0n) is 23.8. The van der Waals surface area contributed by atoms with Gasteiger partial charge < -0.3 is 21.0 Å². The lowest BCUT2D eigenvalue weighted by Crippen LogP contribution is -2.29. The summed E-state index contributed by atoms with van der Waals surface area (Å²) in [5.74, 6) is 1.25. The Kier molecular flexibility index (Phi) is 12.2. The molecule has 0 aliphatic carbocycles. The van der Waals surface area contributed by atoms with Gasteiger partial charge in [0.1, 0.15) is 0 Å². The minimum Gasteiger partial charge on any atom is -0.623 e. The lowest BCUT2D eigenvalue weighted by molar-refractivity contribution is -0.439. The summed E-state index contributed by atoms with van der Waals surface area (Å²) >= 11 is 12.2. The van der Waals surface area contributed by atoms with Crippen LogP contribution in [0.3, 0.4) is 0 Å². The fourth-order valence-corrected chi connectivity index (χ4v) is 5.06. The number of benzene rings is 4. The van der Waals surface area contributed by atoms with Crippen molar-refractivity contribution in [3.05, 3.63) is 140 Å². The molecule has 44 heavy (non-hydrogen) atoms. The summed E-state index contributed by atoms with van der Waals surface area (Å²) in [4.78, 5) is 9.02. The Balaban J connectivity index is 0.000000230. The molecule has 2 aliphatic heterocycles. The molecule has 0 spiro atoms. The van der Waals surface area contributed by atoms with Gasteiger partial charge in [-0.3, -0.25) is 0 Å². The topological polar surface area (TPSA) is 101 Å². The number of fused-ring (bicyclic) bond motifs is 2. The first kappa shape index (κ1) is 34.4. The first-order valence-corrected chi connectivity index (χ1v) is 14.0. The molecule has 0 bridgehead atoms. The van der Waals surface area contributed by atoms with Crippen LogP contribution in [0, 0.1) is 10.4 Å². The molecule has 4 aromatic rings. The van der Waals surface area contributed by atoms with E-state index in [1.165, 1.54) is 0 Å². The fourth-order valence-electron chi connectivity index (χ4n) is 4.71. The van der Waals surface area contributed by atoms with E-state index in [0.717, 1.165) is 43.1 Å². The van der Waals surface area contributed by atoms with E-state index < -0.39 is 0 Å². The maximum absolute atomic E-state index is 12.6. The largest absolute Gasteiger partial charge is 0.623 e. The molecule has 0 aromatic heterocycles. The molecule has 0 amide bonds. The van der Waals surface area contributed by atoms with E-state index in [-0.39, 0.29) is 37.9 Å². The summed E-state index contributed by atoms with van der Waals surface area (Å²) in [5.41, 5.74) is 5.83. The molecule has 0 saturated heterocycles. The van der Waals surface area contributed by atoms with Crippen LogP contribution >= 0.6 is 48.0 Å². The van der Waals surface area contributed by atoms with Crippen molar-refractivity contribution in [1.82, 2.24) is 10.6 Å². The minimum atomic E-state index is 0. The highest BCUT2D eigenvalue weighted by molar-refractivity contribution is 6.32. The SMILES string of the molecule is CNC1=Nc2ccc(Cl)cc2C(c2ccccc2)=[N+]([O-])C1.CNC1=Nc2ccc(Cl)cc2C(c2ccccc2)=[N+]([O-])C1.Cl.Cl. The summed E-state index contributed by atoms with van der Waals surface area (Å²) in [5, 5.41) is 32.2. The van der Waals surface area contributed by atoms with E-state index in [9.17, 15) is 10.4 Å². The summed E-state index contributed by atoms with van der Waals surface area (Å²) < 4.78 is 1.90. The second kappa shape index (κ2) is 15.6. The highest BCUT2D eigenvalue weighted by Crippen LogP contribution is 2.29. The van der Waals surface area contributed by atoms with Gasteiger partial charge >= 0.3 is 0 Å². The third kappa shape index (κ3) is 7.70. The van der Waals surface area contributed by atoms with E-state index in [2.05, 4.69) is 20.6 Å². The second-order valence-electron chi connectivity index (χ2n) is 9.44. The summed E-state index contributed by atoms with van der Waals surface area (Å²) in [6.07, 6.45) is 0. The summed E-state index contributed by atoms with van der Waals surface area (Å²) in [6, 6.07) is 29.9. The van der Waals surface area contributed by atoms with E-state index in [0.29, 0.717) is 33.1 Å². The molecule has 0 radical (unpaired) electrons. The van der Waals surface area contributed by atoms with Crippen molar-refractivity contribution < 1.29 is 9.48 Å². The molecule has 2 aliphatic rings. The third-order valence-electron chi connectivity index (χ3n) is 6.70. The lowest BCUT2D eigenvalue weighted by Gasteiger charge is -2.10. The van der Waals surface area contributed by atoms with Gasteiger partial charge in [0, 0.05) is 35.3 Å². The number of hydrogen-bond donors (Lipinski definition) is 2. The Labute approximate surface area is 278 Å². The van der Waals surface area contributed by atoms with Crippen LogP contribution in [0.4, 0.5) is 11.4 Å². The normalized spacial score (nSPS) is 13.6. The van der Waals surface area contributed by atoms with Crippen LogP contribution < -0.4 is 10.6 Å². The zero-order chi connectivity index (χ0) is 29.6. The van der Waals surface area contributed by atoms with Gasteiger partial charge in [-0.15, -0.1) is 24.8 Å². The number of nitrogens with one attached hydrogen (secondary N) is 2. The van der Waals surface area contributed by atoms with Gasteiger partial charge in [-0.25, -0.2) is 9.98 Å². The molecular formula is C32H30Cl4N6O2. The van der Waals surface area contributed by atoms with Crippen LogP contribution in [0.2, 0.25) is 10.0 Å². The van der Waals surface area contributed by atoms with Gasteiger partial charge in [0.25, 0.3) is 0 Å². The van der Waals surface area contributed by atoms with Crippen LogP contribution in [0.15, 0.2) is 107 Å². The van der Waals surface area contributed by atoms with E-state index in [4.69, 9.17) is 23.2 Å². The predicted molar refractivity (Wildman–Crippen MR) is 186 cm³/mol. The monoisotopic (exact) mass is 670 g/mol. The maximum Gasteiger partial charge on any atom is 0.228 e. The maximum atomic E-state index is 12.6. The van der Waals surface area contributed by atoms with E-state index >= 15 is 0 Å². The van der Waals surface area contributed by atoms with Crippen molar-refractivity contribution >= 4 is 82.5 Å². The standard InChI is InChI=1S/2C16H14ClN3O.2ClH/c2*1-18-15-10-20(21)16(11-5-3-2-4-6-11)13-9-12(17)7-8-14(13)19-15;;/h2*2-9H,10H2,1H3,(H,18,19);2*1H. The molecule has 0 saturated carbocycles. The number of halogens is 4. The average Bonchev–Trinajstić information content (AvgIpc) is 3.23. The number of amidine groups is 2. The molecular weight excluding hydrogens is 642 g/mol. The Morgan fingerprint density at radius 1 is 0.591 bits per heavy atom. The van der Waals surface area contributed by atoms with Gasteiger partial charge in [0.2, 0.25) is 24.5 Å². The molecule has 0 fully saturated rings. The second-order valence-corrected chi connectivity index (χ2v) is 10.3. The predicted octanol–water partition coefficient (Wildman–Crippen LogP) is 6.75. The zero-order valence-corrected chi connectivity index (χ0v) is 27.0. The molecule has 12 heteroatoms. The first-order valence-electron chi connectivity index (χ1n) is 13.2. The first-order chi connectivity index (χ1) is 20.4. The van der Waals surface area contributed by atoms with Crippen molar-refractivity contribution in [3.63, 3.8) is 0 Å². The third-order valence-corrected chi connectivity index (χ3v) is 7.17. The molecule has 0 unspecified atom stereocenters. The van der Waals surface area contributed by atoms with Crippen LogP contribution in [0.25, 0.3) is 0 Å². The number of hydroxylamine groups is 2. The summed E-state index contributed by atoms with van der Waals surface area (Å²) in [7, 11) is 3.52. The highest BCUT2D eigenvalue weighted by Gasteiger charge is 2.25. The molecule has 2 heterocycles. The Hall–Kier alpha value is -4.08. The van der Waals surface area contributed by atoms with Gasteiger partial charge in [-0.2, -0.15) is 9.48 Å². The fraction of sp³-hybridized carbons (Fsp3) is 0.125. The van der Waals surface area contributed by atoms with E-state index in [1.807, 2.05) is 72.8 Å². The average molecular weight is 672 g/mol. The van der Waals surface area contributed by atoms with Crippen molar-refractivity contribution in [2.75, 3.05) is 27.2 Å². The number of nitrogens with zero attached hydrogens (tertiary/aromatic N) is 4. The van der Waals surface area contributed by atoms with E-state index in [1.54, 1.807) is 38.4 Å². The molecule has 228 valence electrons. The van der Waals surface area contributed by atoms with Crippen molar-refractivity contribution in [2.45, 2.75) is 0 Å². The smallest absolute Gasteiger partial charge is 0.228 e. The van der Waals surface area contributed by atoms with Crippen LogP contribution in [0.1, 0.15) is 22.3 Å². The number of likely N-dealkylation sites (N-methyl/N-ethyl adjacent to an activating group) is 2. The van der Waals surface area contributed by atoms with Gasteiger partial charge in [-0.1, -0.05) is 59.6 Å². The number of aliphatic imine (C=N–C) groups is 2. The Morgan fingerprint density at radius 3 is 1.30 bits per heavy atom. The number of rotatable bonds is 2. The van der Waals surface area contributed by atoms with Gasteiger partial charge in [0.05, 0.1) is 22.5 Å². The van der Waals surface area contributed by atoms with Crippen molar-refractivity contribution in [3.8, 4) is 0 Å². The van der Waals surface area contributed by atoms with Crippen molar-refractivity contribution in [1.29, 1.82) is 0 Å². The number of hydrogen-bond acceptors (Lipinski definition) is 6. The molecule has 8 nitrogen and oxygen atoms in total. The Morgan fingerprint density at radius 2 is 0.955 bits per heavy atom. The molecule has 4 aromatic carbocycles. The quantitative estimate of drug-likeness (QED) is 0.182. The van der Waals surface area contributed by atoms with Crippen LogP contribution in [-0.2, 0) is 0 Å². The minimum absolute atomic E-state index is 0. The molecule has 0 atom stereocenters. The molecule has 2 N–H and O–H groups in total. The highest BCUT2D eigenvalue weighted by atomic mass is 35.5.